The van der Waals surface area contributed by atoms with E-state index in [9.17, 15) is 0 Å². The summed E-state index contributed by atoms with van der Waals surface area (Å²) in [5.74, 6) is 1.74. The summed E-state index contributed by atoms with van der Waals surface area (Å²) < 4.78 is 2.96. The van der Waals surface area contributed by atoms with Crippen LogP contribution in [0.15, 0.2) is 0 Å². The third-order valence-electron chi connectivity index (χ3n) is 2.86. The van der Waals surface area contributed by atoms with Gasteiger partial charge in [-0.05, 0) is 18.3 Å². The Morgan fingerprint density at radius 1 is 1.00 bits per heavy atom. The molecule has 0 aliphatic carbocycles. The first kappa shape index (κ1) is 13.7. The van der Waals surface area contributed by atoms with E-state index in [1.165, 1.54) is 25.7 Å². The number of hydrazine groups is 1. The summed E-state index contributed by atoms with van der Waals surface area (Å²) in [6.07, 6.45) is 5.30. The van der Waals surface area contributed by atoms with Gasteiger partial charge >= 0.3 is 0 Å². The van der Waals surface area contributed by atoms with Crippen molar-refractivity contribution in [3.8, 4) is 0 Å². The molecule has 1 atom stereocenters. The predicted molar refractivity (Wildman–Crippen MR) is 67.6 cm³/mol. The van der Waals surface area contributed by atoms with E-state index in [-0.39, 0.29) is 0 Å². The summed E-state index contributed by atoms with van der Waals surface area (Å²) in [5.41, 5.74) is 3.19. The lowest BCUT2D eigenvalue weighted by Gasteiger charge is -2.20. The first-order valence-electron chi connectivity index (χ1n) is 5.36. The third-order valence-corrected chi connectivity index (χ3v) is 3.24. The van der Waals surface area contributed by atoms with Crippen LogP contribution < -0.4 is 9.06 Å². The Morgan fingerprint density at radius 2 is 1.54 bits per heavy atom. The maximum absolute atomic E-state index is 3.19. The van der Waals surface area contributed by atoms with Crippen molar-refractivity contribution in [3.63, 3.8) is 0 Å². The van der Waals surface area contributed by atoms with Crippen molar-refractivity contribution in [3.05, 3.63) is 0 Å². The van der Waals surface area contributed by atoms with E-state index < -0.39 is 0 Å². The lowest BCUT2D eigenvalue weighted by Crippen LogP contribution is -2.29. The summed E-state index contributed by atoms with van der Waals surface area (Å²) >= 11 is 2.13. The van der Waals surface area contributed by atoms with Crippen molar-refractivity contribution in [2.24, 2.45) is 11.8 Å². The molecule has 0 aromatic heterocycles. The van der Waals surface area contributed by atoms with Gasteiger partial charge in [0.2, 0.25) is 0 Å². The minimum atomic E-state index is 0.826. The molecule has 0 aromatic rings. The summed E-state index contributed by atoms with van der Waals surface area (Å²) in [6.45, 7) is 7.97. The average molecular weight is 298 g/mol. The standard InChI is InChI=1S/C10H23IN2/c1-4-9(5-2)7-10(6-3)8-12-13-11/h9-10,12-13H,4-8H2,1-3H3. The van der Waals surface area contributed by atoms with Gasteiger partial charge in [0.1, 0.15) is 0 Å². The maximum Gasteiger partial charge on any atom is 0.0334 e. The van der Waals surface area contributed by atoms with Crippen molar-refractivity contribution >= 4 is 22.9 Å². The highest BCUT2D eigenvalue weighted by Crippen LogP contribution is 2.20. The largest absolute Gasteiger partial charge is 0.249 e. The number of hydrogen-bond acceptors (Lipinski definition) is 2. The summed E-state index contributed by atoms with van der Waals surface area (Å²) in [4.78, 5) is 0. The van der Waals surface area contributed by atoms with Gasteiger partial charge in [0.15, 0.2) is 0 Å². The second kappa shape index (κ2) is 9.21. The van der Waals surface area contributed by atoms with E-state index in [2.05, 4.69) is 52.7 Å². The zero-order chi connectivity index (χ0) is 10.1. The van der Waals surface area contributed by atoms with E-state index in [4.69, 9.17) is 0 Å². The van der Waals surface area contributed by atoms with Crippen LogP contribution in [0.2, 0.25) is 0 Å². The van der Waals surface area contributed by atoms with Crippen LogP contribution in [0.25, 0.3) is 0 Å². The molecule has 0 aromatic carbocycles. The zero-order valence-electron chi connectivity index (χ0n) is 9.07. The Kier molecular flexibility index (Phi) is 9.68. The van der Waals surface area contributed by atoms with Crippen LogP contribution >= 0.6 is 22.9 Å². The van der Waals surface area contributed by atoms with Crippen molar-refractivity contribution in [2.45, 2.75) is 46.5 Å². The normalized spacial score (nSPS) is 13.6. The first-order valence-corrected chi connectivity index (χ1v) is 6.44. The molecule has 3 heteroatoms. The number of halogens is 1. The monoisotopic (exact) mass is 298 g/mol. The lowest BCUT2D eigenvalue weighted by molar-refractivity contribution is 0.332. The number of nitrogens with one attached hydrogen (secondary N) is 2. The molecular weight excluding hydrogens is 275 g/mol. The van der Waals surface area contributed by atoms with Gasteiger partial charge in [0.05, 0.1) is 0 Å². The van der Waals surface area contributed by atoms with Crippen LogP contribution in [0.5, 0.6) is 0 Å². The fraction of sp³-hybridized carbons (Fsp3) is 1.00. The Balaban J connectivity index is 3.67. The highest BCUT2D eigenvalue weighted by atomic mass is 127. The maximum atomic E-state index is 3.19. The van der Waals surface area contributed by atoms with Crippen LogP contribution in [-0.4, -0.2) is 6.54 Å². The molecule has 1 unspecified atom stereocenters. The second-order valence-electron chi connectivity index (χ2n) is 3.67. The van der Waals surface area contributed by atoms with E-state index in [0.717, 1.165) is 18.4 Å². The van der Waals surface area contributed by atoms with E-state index in [1.54, 1.807) is 0 Å². The van der Waals surface area contributed by atoms with Gasteiger partial charge in [-0.25, -0.2) is 5.43 Å². The van der Waals surface area contributed by atoms with E-state index >= 15 is 0 Å². The molecule has 0 bridgehead atoms. The second-order valence-corrected chi connectivity index (χ2v) is 4.21. The molecule has 0 aliphatic rings. The van der Waals surface area contributed by atoms with Gasteiger partial charge < -0.3 is 0 Å². The average Bonchev–Trinajstić information content (AvgIpc) is 2.19. The SMILES string of the molecule is CCC(CC)CC(CC)CNNI. The van der Waals surface area contributed by atoms with Crippen LogP contribution in [0, 0.1) is 11.8 Å². The summed E-state index contributed by atoms with van der Waals surface area (Å²) in [6, 6.07) is 0. The van der Waals surface area contributed by atoms with Crippen molar-refractivity contribution in [1.29, 1.82) is 0 Å². The van der Waals surface area contributed by atoms with Gasteiger partial charge in [-0.15, -0.1) is 0 Å². The number of hydrogen-bond donors (Lipinski definition) is 2. The summed E-state index contributed by atoms with van der Waals surface area (Å²) in [7, 11) is 0. The molecule has 0 fully saturated rings. The Morgan fingerprint density at radius 3 is 1.92 bits per heavy atom. The number of rotatable bonds is 8. The molecule has 2 nitrogen and oxygen atoms in total. The van der Waals surface area contributed by atoms with Crippen LogP contribution in [0.4, 0.5) is 0 Å². The van der Waals surface area contributed by atoms with E-state index in [1.807, 2.05) is 0 Å². The molecule has 0 saturated carbocycles. The molecule has 80 valence electrons. The zero-order valence-corrected chi connectivity index (χ0v) is 11.2. The van der Waals surface area contributed by atoms with Crippen LogP contribution in [0.3, 0.4) is 0 Å². The first-order chi connectivity index (χ1) is 6.28. The molecule has 13 heavy (non-hydrogen) atoms. The molecule has 0 amide bonds. The highest BCUT2D eigenvalue weighted by Gasteiger charge is 2.11. The molecule has 0 radical (unpaired) electrons. The van der Waals surface area contributed by atoms with Crippen molar-refractivity contribution < 1.29 is 0 Å². The molecule has 0 aliphatic heterocycles. The van der Waals surface area contributed by atoms with E-state index in [0.29, 0.717) is 0 Å². The van der Waals surface area contributed by atoms with Gasteiger partial charge in [-0.3, -0.25) is 0 Å². The van der Waals surface area contributed by atoms with Gasteiger partial charge in [-0.1, -0.05) is 40.0 Å². The fourth-order valence-corrected chi connectivity index (χ4v) is 1.89. The minimum absolute atomic E-state index is 0.826. The Labute approximate surface area is 96.7 Å². The minimum Gasteiger partial charge on any atom is -0.249 e. The predicted octanol–water partition coefficient (Wildman–Crippen LogP) is 3.28. The van der Waals surface area contributed by atoms with Crippen LogP contribution in [-0.2, 0) is 0 Å². The molecule has 0 spiro atoms. The van der Waals surface area contributed by atoms with Gasteiger partial charge in [0.25, 0.3) is 0 Å². The third kappa shape index (κ3) is 6.69. The smallest absolute Gasteiger partial charge is 0.0334 e. The van der Waals surface area contributed by atoms with Crippen molar-refractivity contribution in [2.75, 3.05) is 6.54 Å². The summed E-state index contributed by atoms with van der Waals surface area (Å²) in [5, 5.41) is 0. The quantitative estimate of drug-likeness (QED) is 0.408. The molecular formula is C10H23IN2. The van der Waals surface area contributed by atoms with Gasteiger partial charge in [0, 0.05) is 29.4 Å². The molecule has 2 N–H and O–H groups in total. The molecule has 0 heterocycles. The highest BCUT2D eigenvalue weighted by molar-refractivity contribution is 14.1. The molecule has 0 saturated heterocycles. The lowest BCUT2D eigenvalue weighted by atomic mass is 9.89. The fourth-order valence-electron chi connectivity index (χ4n) is 1.67. The van der Waals surface area contributed by atoms with Crippen LogP contribution in [0.1, 0.15) is 46.5 Å². The Hall–Kier alpha value is 0.650. The van der Waals surface area contributed by atoms with Crippen molar-refractivity contribution in [1.82, 2.24) is 9.06 Å². The molecule has 0 rings (SSSR count). The topological polar surface area (TPSA) is 24.1 Å². The Bertz CT molecular complexity index is 105. The van der Waals surface area contributed by atoms with Gasteiger partial charge in [-0.2, -0.15) is 3.64 Å².